The van der Waals surface area contributed by atoms with Gasteiger partial charge in [0.05, 0.1) is 16.2 Å². The molecule has 0 atom stereocenters. The number of anilines is 1. The van der Waals surface area contributed by atoms with Crippen LogP contribution in [0.25, 0.3) is 11.1 Å². The molecule has 9 heteroatoms. The molecule has 0 spiro atoms. The number of fused-ring (bicyclic) bond motifs is 1. The fourth-order valence-electron chi connectivity index (χ4n) is 2.08. The molecule has 3 aromatic rings. The molecule has 1 aromatic heterocycles. The number of aromatic amines is 1. The highest BCUT2D eigenvalue weighted by molar-refractivity contribution is 7.92. The molecule has 0 saturated carbocycles. The lowest BCUT2D eigenvalue weighted by Crippen LogP contribution is -2.14. The lowest BCUT2D eigenvalue weighted by atomic mass is 10.2. The van der Waals surface area contributed by atoms with Gasteiger partial charge in [0, 0.05) is 11.1 Å². The molecule has 0 aliphatic rings. The molecule has 0 aliphatic heterocycles. The smallest absolute Gasteiger partial charge is 0.408 e. The highest BCUT2D eigenvalue weighted by Gasteiger charge is 2.21. The SMILES string of the molecule is Cc1c(Cl)cccc1NS(=O)(=O)c1cc2oc(=O)[nH]c2cc1Cl. The van der Waals surface area contributed by atoms with Crippen LogP contribution in [0.5, 0.6) is 0 Å². The number of benzene rings is 2. The topological polar surface area (TPSA) is 92.2 Å². The number of aromatic nitrogens is 1. The summed E-state index contributed by atoms with van der Waals surface area (Å²) in [7, 11) is -3.98. The second-order valence-corrected chi connectivity index (χ2v) is 7.28. The Bertz CT molecular complexity index is 1070. The molecular formula is C14H10Cl2N2O4S. The van der Waals surface area contributed by atoms with Gasteiger partial charge < -0.3 is 4.42 Å². The van der Waals surface area contributed by atoms with E-state index in [1.165, 1.54) is 12.1 Å². The number of hydrogen-bond donors (Lipinski definition) is 2. The van der Waals surface area contributed by atoms with Gasteiger partial charge in [-0.2, -0.15) is 0 Å². The van der Waals surface area contributed by atoms with Gasteiger partial charge in [0.1, 0.15) is 4.90 Å². The molecule has 0 fully saturated rings. The predicted molar refractivity (Wildman–Crippen MR) is 88.8 cm³/mol. The van der Waals surface area contributed by atoms with Crippen molar-refractivity contribution in [2.75, 3.05) is 4.72 Å². The molecule has 6 nitrogen and oxygen atoms in total. The normalized spacial score (nSPS) is 11.8. The van der Waals surface area contributed by atoms with Crippen molar-refractivity contribution >= 4 is 50.0 Å². The largest absolute Gasteiger partial charge is 0.417 e. The molecule has 0 bridgehead atoms. The Morgan fingerprint density at radius 2 is 1.91 bits per heavy atom. The Kier molecular flexibility index (Phi) is 3.87. The van der Waals surface area contributed by atoms with Crippen LogP contribution >= 0.6 is 23.2 Å². The van der Waals surface area contributed by atoms with E-state index in [1.807, 2.05) is 0 Å². The zero-order valence-electron chi connectivity index (χ0n) is 11.7. The maximum absolute atomic E-state index is 12.6. The molecule has 0 unspecified atom stereocenters. The van der Waals surface area contributed by atoms with Crippen LogP contribution in [-0.2, 0) is 10.0 Å². The zero-order valence-corrected chi connectivity index (χ0v) is 14.0. The quantitative estimate of drug-likeness (QED) is 0.735. The van der Waals surface area contributed by atoms with E-state index >= 15 is 0 Å². The van der Waals surface area contributed by atoms with Crippen LogP contribution in [-0.4, -0.2) is 13.4 Å². The number of halogens is 2. The van der Waals surface area contributed by atoms with Gasteiger partial charge in [0.15, 0.2) is 5.58 Å². The van der Waals surface area contributed by atoms with E-state index in [1.54, 1.807) is 25.1 Å². The van der Waals surface area contributed by atoms with Crippen LogP contribution < -0.4 is 10.5 Å². The maximum atomic E-state index is 12.6. The van der Waals surface area contributed by atoms with E-state index in [2.05, 4.69) is 9.71 Å². The summed E-state index contributed by atoms with van der Waals surface area (Å²) >= 11 is 12.0. The van der Waals surface area contributed by atoms with Crippen molar-refractivity contribution in [3.63, 3.8) is 0 Å². The van der Waals surface area contributed by atoms with Crippen LogP contribution in [0.3, 0.4) is 0 Å². The van der Waals surface area contributed by atoms with Crippen molar-refractivity contribution in [3.05, 3.63) is 56.5 Å². The van der Waals surface area contributed by atoms with Gasteiger partial charge in [-0.25, -0.2) is 13.2 Å². The van der Waals surface area contributed by atoms with Crippen molar-refractivity contribution in [2.45, 2.75) is 11.8 Å². The van der Waals surface area contributed by atoms with E-state index in [4.69, 9.17) is 27.6 Å². The van der Waals surface area contributed by atoms with Gasteiger partial charge in [0.2, 0.25) is 0 Å². The first-order valence-electron chi connectivity index (χ1n) is 6.38. The third-order valence-electron chi connectivity index (χ3n) is 3.28. The first-order valence-corrected chi connectivity index (χ1v) is 8.62. The number of rotatable bonds is 3. The van der Waals surface area contributed by atoms with E-state index in [9.17, 15) is 13.2 Å². The van der Waals surface area contributed by atoms with E-state index in [0.717, 1.165) is 0 Å². The Hall–Kier alpha value is -1.96. The molecule has 0 amide bonds. The second-order valence-electron chi connectivity index (χ2n) is 4.81. The minimum absolute atomic E-state index is 0.0401. The Morgan fingerprint density at radius 3 is 2.65 bits per heavy atom. The number of oxazole rings is 1. The summed E-state index contributed by atoms with van der Waals surface area (Å²) in [5.74, 6) is -0.691. The number of nitrogens with one attached hydrogen (secondary N) is 2. The van der Waals surface area contributed by atoms with Crippen molar-refractivity contribution in [2.24, 2.45) is 0 Å². The summed E-state index contributed by atoms with van der Waals surface area (Å²) in [6, 6.07) is 7.38. The van der Waals surface area contributed by atoms with Gasteiger partial charge in [-0.05, 0) is 30.7 Å². The van der Waals surface area contributed by atoms with Gasteiger partial charge in [-0.3, -0.25) is 9.71 Å². The first kappa shape index (κ1) is 15.9. The van der Waals surface area contributed by atoms with Crippen LogP contribution in [0.2, 0.25) is 10.0 Å². The molecule has 0 radical (unpaired) electrons. The average Bonchev–Trinajstić information content (AvgIpc) is 2.82. The lowest BCUT2D eigenvalue weighted by Gasteiger charge is -2.12. The fraction of sp³-hybridized carbons (Fsp3) is 0.0714. The van der Waals surface area contributed by atoms with Crippen molar-refractivity contribution in [1.29, 1.82) is 0 Å². The van der Waals surface area contributed by atoms with Crippen LogP contribution in [0, 0.1) is 6.92 Å². The van der Waals surface area contributed by atoms with Crippen molar-refractivity contribution in [1.82, 2.24) is 4.98 Å². The Balaban J connectivity index is 2.10. The molecule has 23 heavy (non-hydrogen) atoms. The van der Waals surface area contributed by atoms with Gasteiger partial charge in [-0.15, -0.1) is 0 Å². The molecule has 120 valence electrons. The summed E-state index contributed by atoms with van der Waals surface area (Å²) in [6.45, 7) is 1.69. The maximum Gasteiger partial charge on any atom is 0.417 e. The van der Waals surface area contributed by atoms with Crippen molar-refractivity contribution in [3.8, 4) is 0 Å². The summed E-state index contributed by atoms with van der Waals surface area (Å²) < 4.78 is 32.4. The van der Waals surface area contributed by atoms with Gasteiger partial charge >= 0.3 is 5.76 Å². The fourth-order valence-corrected chi connectivity index (χ4v) is 3.92. The number of H-pyrrole nitrogens is 1. The Labute approximate surface area is 141 Å². The lowest BCUT2D eigenvalue weighted by molar-refractivity contribution is 0.554. The predicted octanol–water partition coefficient (Wildman–Crippen LogP) is 3.54. The molecule has 1 heterocycles. The standard InChI is InChI=1S/C14H10Cl2N2O4S/c1-7-8(15)3-2-4-10(7)18-23(20,21)13-6-12-11(5-9(13)16)17-14(19)22-12/h2-6,18H,1H3,(H,17,19). The number of sulfonamides is 1. The highest BCUT2D eigenvalue weighted by Crippen LogP contribution is 2.30. The summed E-state index contributed by atoms with van der Waals surface area (Å²) in [5, 5.41) is 0.394. The molecule has 0 saturated heterocycles. The van der Waals surface area contributed by atoms with Crippen LogP contribution in [0.15, 0.2) is 44.4 Å². The minimum atomic E-state index is -3.98. The third-order valence-corrected chi connectivity index (χ3v) is 5.51. The number of hydrogen-bond acceptors (Lipinski definition) is 4. The Morgan fingerprint density at radius 1 is 1.17 bits per heavy atom. The highest BCUT2D eigenvalue weighted by atomic mass is 35.5. The summed E-state index contributed by atoms with van der Waals surface area (Å²) in [5.41, 5.74) is 1.34. The van der Waals surface area contributed by atoms with E-state index in [0.29, 0.717) is 21.8 Å². The molecule has 2 aromatic carbocycles. The summed E-state index contributed by atoms with van der Waals surface area (Å²) in [4.78, 5) is 13.4. The van der Waals surface area contributed by atoms with E-state index in [-0.39, 0.29) is 15.5 Å². The molecular weight excluding hydrogens is 363 g/mol. The van der Waals surface area contributed by atoms with Crippen LogP contribution in [0.4, 0.5) is 5.69 Å². The molecule has 2 N–H and O–H groups in total. The second kappa shape index (κ2) is 5.59. The van der Waals surface area contributed by atoms with E-state index < -0.39 is 15.8 Å². The third kappa shape index (κ3) is 2.95. The monoisotopic (exact) mass is 372 g/mol. The molecule has 0 aliphatic carbocycles. The summed E-state index contributed by atoms with van der Waals surface area (Å²) in [6.07, 6.45) is 0. The molecule has 3 rings (SSSR count). The average molecular weight is 373 g/mol. The van der Waals surface area contributed by atoms with Crippen molar-refractivity contribution < 1.29 is 12.8 Å². The van der Waals surface area contributed by atoms with Gasteiger partial charge in [-0.1, -0.05) is 29.3 Å². The van der Waals surface area contributed by atoms with Gasteiger partial charge in [0.25, 0.3) is 10.0 Å². The minimum Gasteiger partial charge on any atom is -0.408 e. The zero-order chi connectivity index (χ0) is 16.8. The first-order chi connectivity index (χ1) is 10.8. The van der Waals surface area contributed by atoms with Crippen LogP contribution in [0.1, 0.15) is 5.56 Å².